The van der Waals surface area contributed by atoms with Crippen molar-refractivity contribution in [2.24, 2.45) is 5.73 Å². The first-order valence-corrected chi connectivity index (χ1v) is 6.50. The van der Waals surface area contributed by atoms with Gasteiger partial charge in [-0.05, 0) is 44.1 Å². The third-order valence-electron chi connectivity index (χ3n) is 3.60. The molecule has 5 heteroatoms. The molecule has 0 radical (unpaired) electrons. The Balaban J connectivity index is 2.00. The summed E-state index contributed by atoms with van der Waals surface area (Å²) in [5, 5.41) is 3.21. The van der Waals surface area contributed by atoms with Crippen LogP contribution in [-0.4, -0.2) is 36.5 Å². The summed E-state index contributed by atoms with van der Waals surface area (Å²) >= 11 is 0. The summed E-state index contributed by atoms with van der Waals surface area (Å²) in [5.74, 6) is -0.550. The fourth-order valence-corrected chi connectivity index (χ4v) is 2.69. The molecule has 1 unspecified atom stereocenters. The van der Waals surface area contributed by atoms with Gasteiger partial charge in [0.25, 0.3) is 0 Å². The van der Waals surface area contributed by atoms with Crippen LogP contribution in [0.2, 0.25) is 0 Å². The molecule has 0 bridgehead atoms. The van der Waals surface area contributed by atoms with E-state index in [0.29, 0.717) is 13.1 Å². The molecule has 4 nitrogen and oxygen atoms in total. The van der Waals surface area contributed by atoms with Gasteiger partial charge < -0.3 is 11.1 Å². The van der Waals surface area contributed by atoms with Crippen molar-refractivity contribution in [3.05, 3.63) is 35.6 Å². The van der Waals surface area contributed by atoms with Crippen molar-refractivity contribution in [2.45, 2.75) is 24.9 Å². The van der Waals surface area contributed by atoms with Gasteiger partial charge in [0.15, 0.2) is 0 Å². The molecule has 1 aliphatic rings. The molecule has 1 aromatic rings. The monoisotopic (exact) mass is 265 g/mol. The van der Waals surface area contributed by atoms with E-state index in [1.807, 2.05) is 18.0 Å². The van der Waals surface area contributed by atoms with Gasteiger partial charge in [0.1, 0.15) is 11.4 Å². The standard InChI is InChI=1S/C14H20FN3O/c1-18(9-11-4-2-5-12(15)8-11)10-14(13(16)19)6-3-7-17-14/h2,4-5,8,17H,3,6-7,9-10H2,1H3,(H2,16,19). The lowest BCUT2D eigenvalue weighted by Gasteiger charge is -2.31. The molecule has 19 heavy (non-hydrogen) atoms. The van der Waals surface area contributed by atoms with Gasteiger partial charge >= 0.3 is 0 Å². The maximum absolute atomic E-state index is 13.1. The van der Waals surface area contributed by atoms with Crippen LogP contribution in [0.25, 0.3) is 0 Å². The predicted molar refractivity (Wildman–Crippen MR) is 71.9 cm³/mol. The SMILES string of the molecule is CN(Cc1cccc(F)c1)CC1(C(N)=O)CCCN1. The number of likely N-dealkylation sites (N-methyl/N-ethyl adjacent to an activating group) is 1. The number of rotatable bonds is 5. The number of nitrogens with two attached hydrogens (primary N) is 1. The molecule has 1 atom stereocenters. The number of carbonyl (C=O) groups is 1. The highest BCUT2D eigenvalue weighted by molar-refractivity contribution is 5.85. The van der Waals surface area contributed by atoms with Crippen LogP contribution in [0.1, 0.15) is 18.4 Å². The smallest absolute Gasteiger partial charge is 0.239 e. The molecule has 0 saturated carbocycles. The lowest BCUT2D eigenvalue weighted by Crippen LogP contribution is -2.57. The third kappa shape index (κ3) is 3.30. The Kier molecular flexibility index (Phi) is 4.17. The average Bonchev–Trinajstić information content (AvgIpc) is 2.78. The average molecular weight is 265 g/mol. The highest BCUT2D eigenvalue weighted by atomic mass is 19.1. The van der Waals surface area contributed by atoms with Crippen molar-refractivity contribution in [3.8, 4) is 0 Å². The summed E-state index contributed by atoms with van der Waals surface area (Å²) in [6, 6.07) is 6.50. The molecular weight excluding hydrogens is 245 g/mol. The highest BCUT2D eigenvalue weighted by Gasteiger charge is 2.40. The second-order valence-corrected chi connectivity index (χ2v) is 5.28. The minimum Gasteiger partial charge on any atom is -0.368 e. The molecule has 0 spiro atoms. The van der Waals surface area contributed by atoms with E-state index in [2.05, 4.69) is 5.32 Å². The van der Waals surface area contributed by atoms with Gasteiger partial charge in [0, 0.05) is 13.1 Å². The fraction of sp³-hybridized carbons (Fsp3) is 0.500. The maximum atomic E-state index is 13.1. The molecule has 104 valence electrons. The van der Waals surface area contributed by atoms with Crippen LogP contribution in [0, 0.1) is 5.82 Å². The summed E-state index contributed by atoms with van der Waals surface area (Å²) < 4.78 is 13.1. The minimum atomic E-state index is -0.637. The van der Waals surface area contributed by atoms with E-state index in [1.54, 1.807) is 6.07 Å². The van der Waals surface area contributed by atoms with Gasteiger partial charge in [-0.25, -0.2) is 4.39 Å². The predicted octanol–water partition coefficient (Wildman–Crippen LogP) is 0.865. The van der Waals surface area contributed by atoms with Crippen LogP contribution in [0.15, 0.2) is 24.3 Å². The van der Waals surface area contributed by atoms with Gasteiger partial charge in [-0.1, -0.05) is 12.1 Å². The number of amides is 1. The summed E-state index contributed by atoms with van der Waals surface area (Å²) in [5.41, 5.74) is 5.76. The summed E-state index contributed by atoms with van der Waals surface area (Å²) in [7, 11) is 1.91. The van der Waals surface area contributed by atoms with Crippen molar-refractivity contribution in [2.75, 3.05) is 20.1 Å². The molecule has 1 amide bonds. The van der Waals surface area contributed by atoms with Crippen molar-refractivity contribution in [1.29, 1.82) is 0 Å². The van der Waals surface area contributed by atoms with E-state index in [-0.39, 0.29) is 11.7 Å². The number of hydrogen-bond donors (Lipinski definition) is 2. The molecular formula is C14H20FN3O. The topological polar surface area (TPSA) is 58.4 Å². The van der Waals surface area contributed by atoms with Crippen LogP contribution >= 0.6 is 0 Å². The van der Waals surface area contributed by atoms with E-state index in [9.17, 15) is 9.18 Å². The van der Waals surface area contributed by atoms with Crippen molar-refractivity contribution in [3.63, 3.8) is 0 Å². The van der Waals surface area contributed by atoms with Crippen LogP contribution < -0.4 is 11.1 Å². The number of benzene rings is 1. The zero-order valence-electron chi connectivity index (χ0n) is 11.2. The van der Waals surface area contributed by atoms with Gasteiger partial charge in [-0.15, -0.1) is 0 Å². The van der Waals surface area contributed by atoms with Crippen molar-refractivity contribution >= 4 is 5.91 Å². The first-order valence-electron chi connectivity index (χ1n) is 6.50. The quantitative estimate of drug-likeness (QED) is 0.830. The Morgan fingerprint density at radius 3 is 2.95 bits per heavy atom. The number of hydrogen-bond acceptors (Lipinski definition) is 3. The van der Waals surface area contributed by atoms with Crippen molar-refractivity contribution < 1.29 is 9.18 Å². The normalized spacial score (nSPS) is 22.9. The van der Waals surface area contributed by atoms with E-state index < -0.39 is 5.54 Å². The molecule has 1 heterocycles. The largest absolute Gasteiger partial charge is 0.368 e. The van der Waals surface area contributed by atoms with E-state index in [1.165, 1.54) is 12.1 Å². The molecule has 1 saturated heterocycles. The van der Waals surface area contributed by atoms with Crippen LogP contribution in [0.5, 0.6) is 0 Å². The Morgan fingerprint density at radius 1 is 1.58 bits per heavy atom. The molecule has 1 aromatic carbocycles. The molecule has 3 N–H and O–H groups in total. The first kappa shape index (κ1) is 14.0. The van der Waals surface area contributed by atoms with Gasteiger partial charge in [-0.2, -0.15) is 0 Å². The van der Waals surface area contributed by atoms with Gasteiger partial charge in [-0.3, -0.25) is 9.69 Å². The van der Waals surface area contributed by atoms with E-state index in [4.69, 9.17) is 5.73 Å². The van der Waals surface area contributed by atoms with Gasteiger partial charge in [0.05, 0.1) is 0 Å². The second kappa shape index (κ2) is 5.67. The summed E-state index contributed by atoms with van der Waals surface area (Å²) in [4.78, 5) is 13.6. The third-order valence-corrected chi connectivity index (χ3v) is 3.60. The summed E-state index contributed by atoms with van der Waals surface area (Å²) in [6.45, 7) is 1.95. The Labute approximate surface area is 112 Å². The Morgan fingerprint density at radius 2 is 2.37 bits per heavy atom. The lowest BCUT2D eigenvalue weighted by molar-refractivity contribution is -0.124. The molecule has 1 aliphatic heterocycles. The fourth-order valence-electron chi connectivity index (χ4n) is 2.69. The molecule has 1 fully saturated rings. The second-order valence-electron chi connectivity index (χ2n) is 5.28. The number of halogens is 1. The summed E-state index contributed by atoms with van der Waals surface area (Å²) in [6.07, 6.45) is 1.71. The zero-order valence-corrected chi connectivity index (χ0v) is 11.2. The van der Waals surface area contributed by atoms with Gasteiger partial charge in [0.2, 0.25) is 5.91 Å². The van der Waals surface area contributed by atoms with Crippen molar-refractivity contribution in [1.82, 2.24) is 10.2 Å². The van der Waals surface area contributed by atoms with E-state index in [0.717, 1.165) is 24.9 Å². The van der Waals surface area contributed by atoms with E-state index >= 15 is 0 Å². The van der Waals surface area contributed by atoms with Crippen LogP contribution in [0.4, 0.5) is 4.39 Å². The number of carbonyl (C=O) groups excluding carboxylic acids is 1. The Hall–Kier alpha value is -1.46. The number of nitrogens with one attached hydrogen (secondary N) is 1. The molecule has 0 aromatic heterocycles. The first-order chi connectivity index (χ1) is 9.02. The van der Waals surface area contributed by atoms with Crippen LogP contribution in [-0.2, 0) is 11.3 Å². The highest BCUT2D eigenvalue weighted by Crippen LogP contribution is 2.20. The molecule has 2 rings (SSSR count). The Bertz CT molecular complexity index is 458. The molecule has 0 aliphatic carbocycles. The maximum Gasteiger partial charge on any atom is 0.239 e. The minimum absolute atomic E-state index is 0.241. The number of nitrogens with zero attached hydrogens (tertiary/aromatic N) is 1. The van der Waals surface area contributed by atoms with Crippen LogP contribution in [0.3, 0.4) is 0 Å². The lowest BCUT2D eigenvalue weighted by atomic mass is 9.96. The number of primary amides is 1. The zero-order chi connectivity index (χ0) is 13.9.